The maximum absolute atomic E-state index is 12.6. The minimum absolute atomic E-state index is 0.101. The highest BCUT2D eigenvalue weighted by molar-refractivity contribution is 7.89. The normalized spacial score (nSPS) is 28.8. The summed E-state index contributed by atoms with van der Waals surface area (Å²) in [5.74, 6) is 0.794. The lowest BCUT2D eigenvalue weighted by Gasteiger charge is -2.25. The van der Waals surface area contributed by atoms with Gasteiger partial charge in [0.25, 0.3) is 5.91 Å². The second-order valence-corrected chi connectivity index (χ2v) is 9.26. The van der Waals surface area contributed by atoms with Gasteiger partial charge in [0.2, 0.25) is 15.9 Å². The van der Waals surface area contributed by atoms with Crippen molar-refractivity contribution >= 4 is 21.8 Å². The van der Waals surface area contributed by atoms with Gasteiger partial charge in [0.05, 0.1) is 11.4 Å². The molecule has 2 N–H and O–H groups in total. The van der Waals surface area contributed by atoms with E-state index in [1.165, 1.54) is 49.9 Å². The predicted molar refractivity (Wildman–Crippen MR) is 94.9 cm³/mol. The van der Waals surface area contributed by atoms with E-state index >= 15 is 0 Å². The molecule has 1 heterocycles. The largest absolute Gasteiger partial charge is 0.354 e. The highest BCUT2D eigenvalue weighted by atomic mass is 32.2. The Morgan fingerprint density at radius 3 is 2.38 bits per heavy atom. The first-order valence-electron chi connectivity index (χ1n) is 9.14. The fourth-order valence-corrected chi connectivity index (χ4v) is 5.59. The van der Waals surface area contributed by atoms with Crippen LogP contribution in [0.2, 0.25) is 0 Å². The Hall–Kier alpha value is -1.93. The number of hydrogen-bond donors (Lipinski definition) is 2. The summed E-state index contributed by atoms with van der Waals surface area (Å²) in [5.41, 5.74) is 0.462. The minimum atomic E-state index is -3.72. The Morgan fingerprint density at radius 2 is 1.77 bits per heavy atom. The third-order valence-corrected chi connectivity index (χ3v) is 7.57. The monoisotopic (exact) mass is 377 g/mol. The molecule has 0 aromatic heterocycles. The number of sulfonamides is 1. The van der Waals surface area contributed by atoms with Gasteiger partial charge in [-0.05, 0) is 48.9 Å². The predicted octanol–water partition coefficient (Wildman–Crippen LogP) is 0.725. The van der Waals surface area contributed by atoms with E-state index in [0.29, 0.717) is 23.9 Å². The van der Waals surface area contributed by atoms with E-state index in [4.69, 9.17) is 0 Å². The zero-order valence-corrected chi connectivity index (χ0v) is 15.3. The van der Waals surface area contributed by atoms with Crippen LogP contribution in [0.3, 0.4) is 0 Å². The summed E-state index contributed by atoms with van der Waals surface area (Å²) in [5, 5.41) is 5.69. The quantitative estimate of drug-likeness (QED) is 0.808. The number of hydrogen-bond acceptors (Lipinski definition) is 4. The Morgan fingerprint density at radius 1 is 1.12 bits per heavy atom. The third-order valence-electron chi connectivity index (χ3n) is 5.71. The maximum atomic E-state index is 12.6. The summed E-state index contributed by atoms with van der Waals surface area (Å²) < 4.78 is 26.4. The van der Waals surface area contributed by atoms with Crippen LogP contribution in [-0.4, -0.2) is 50.2 Å². The van der Waals surface area contributed by atoms with Crippen LogP contribution in [0.4, 0.5) is 0 Å². The van der Waals surface area contributed by atoms with Gasteiger partial charge in [0.15, 0.2) is 0 Å². The average Bonchev–Trinajstić information content (AvgIpc) is 3.34. The second-order valence-electron chi connectivity index (χ2n) is 7.32. The molecule has 0 bridgehead atoms. The molecule has 2 aliphatic carbocycles. The number of benzene rings is 1. The fraction of sp³-hybridized carbons (Fsp3) is 0.556. The lowest BCUT2D eigenvalue weighted by molar-refractivity contribution is -0.122. The lowest BCUT2D eigenvalue weighted by Crippen LogP contribution is -2.49. The molecular formula is C18H23N3O4S. The van der Waals surface area contributed by atoms with Crippen molar-refractivity contribution < 1.29 is 18.0 Å². The number of carbonyl (C=O) groups is 2. The molecule has 0 radical (unpaired) electrons. The molecular weight excluding hydrogens is 354 g/mol. The number of carbonyl (C=O) groups excluding carboxylic acids is 2. The minimum Gasteiger partial charge on any atom is -0.354 e. The Balaban J connectivity index is 1.43. The molecule has 140 valence electrons. The topological polar surface area (TPSA) is 95.6 Å². The van der Waals surface area contributed by atoms with Gasteiger partial charge in [0.1, 0.15) is 0 Å². The molecule has 7 nitrogen and oxygen atoms in total. The van der Waals surface area contributed by atoms with Crippen molar-refractivity contribution in [1.29, 1.82) is 0 Å². The van der Waals surface area contributed by atoms with Gasteiger partial charge in [-0.1, -0.05) is 12.8 Å². The third kappa shape index (κ3) is 3.23. The van der Waals surface area contributed by atoms with Crippen LogP contribution in [0.15, 0.2) is 29.2 Å². The molecule has 3 aliphatic rings. The number of rotatable bonds is 4. The molecule has 0 spiro atoms. The summed E-state index contributed by atoms with van der Waals surface area (Å²) >= 11 is 0. The van der Waals surface area contributed by atoms with Crippen molar-refractivity contribution in [3.05, 3.63) is 29.8 Å². The van der Waals surface area contributed by atoms with E-state index in [0.717, 1.165) is 4.31 Å². The van der Waals surface area contributed by atoms with Crippen molar-refractivity contribution in [2.45, 2.75) is 36.6 Å². The van der Waals surface area contributed by atoms with Crippen molar-refractivity contribution in [3.63, 3.8) is 0 Å². The Bertz CT molecular complexity index is 809. The van der Waals surface area contributed by atoms with Gasteiger partial charge in [-0.25, -0.2) is 8.42 Å². The number of nitrogens with one attached hydrogen (secondary N) is 2. The summed E-state index contributed by atoms with van der Waals surface area (Å²) in [7, 11) is -3.72. The molecule has 3 atom stereocenters. The van der Waals surface area contributed by atoms with Gasteiger partial charge >= 0.3 is 0 Å². The van der Waals surface area contributed by atoms with Crippen LogP contribution in [0, 0.1) is 11.8 Å². The molecule has 26 heavy (non-hydrogen) atoms. The van der Waals surface area contributed by atoms with Gasteiger partial charge in [-0.3, -0.25) is 9.59 Å². The van der Waals surface area contributed by atoms with E-state index in [1.807, 2.05) is 0 Å². The first-order chi connectivity index (χ1) is 12.5. The van der Waals surface area contributed by atoms with Gasteiger partial charge < -0.3 is 10.6 Å². The van der Waals surface area contributed by atoms with Crippen LogP contribution in [0.5, 0.6) is 0 Å². The molecule has 2 amide bonds. The van der Waals surface area contributed by atoms with Crippen LogP contribution < -0.4 is 10.6 Å². The van der Waals surface area contributed by atoms with E-state index in [-0.39, 0.29) is 35.8 Å². The maximum Gasteiger partial charge on any atom is 0.251 e. The van der Waals surface area contributed by atoms with Crippen molar-refractivity contribution in [1.82, 2.24) is 14.9 Å². The van der Waals surface area contributed by atoms with Crippen molar-refractivity contribution in [2.24, 2.45) is 11.8 Å². The highest BCUT2D eigenvalue weighted by Gasteiger charge is 2.51. The van der Waals surface area contributed by atoms with E-state index in [1.54, 1.807) is 0 Å². The highest BCUT2D eigenvalue weighted by Crippen LogP contribution is 2.49. The Kier molecular flexibility index (Phi) is 4.48. The van der Waals surface area contributed by atoms with E-state index < -0.39 is 10.0 Å². The summed E-state index contributed by atoms with van der Waals surface area (Å²) in [6.45, 7) is 0.387. The van der Waals surface area contributed by atoms with Crippen molar-refractivity contribution in [3.8, 4) is 0 Å². The summed E-state index contributed by atoms with van der Waals surface area (Å²) in [4.78, 5) is 24.0. The van der Waals surface area contributed by atoms with Crippen molar-refractivity contribution in [2.75, 3.05) is 19.6 Å². The molecule has 1 unspecified atom stereocenters. The molecule has 2 saturated carbocycles. The molecule has 8 heteroatoms. The average molecular weight is 377 g/mol. The van der Waals surface area contributed by atoms with Crippen LogP contribution >= 0.6 is 0 Å². The number of nitrogens with zero attached hydrogens (tertiary/aromatic N) is 1. The van der Waals surface area contributed by atoms with Crippen LogP contribution in [-0.2, 0) is 14.8 Å². The zero-order chi connectivity index (χ0) is 18.3. The fourth-order valence-electron chi connectivity index (χ4n) is 4.19. The molecule has 3 fully saturated rings. The van der Waals surface area contributed by atoms with Crippen LogP contribution in [0.1, 0.15) is 36.0 Å². The van der Waals surface area contributed by atoms with Gasteiger partial charge in [0, 0.05) is 24.7 Å². The van der Waals surface area contributed by atoms with E-state index in [2.05, 4.69) is 10.6 Å². The molecule has 1 aromatic rings. The first-order valence-corrected chi connectivity index (χ1v) is 10.6. The smallest absolute Gasteiger partial charge is 0.251 e. The molecule has 1 aromatic carbocycles. The van der Waals surface area contributed by atoms with Gasteiger partial charge in [-0.15, -0.1) is 0 Å². The SMILES string of the molecule is O=C1CN(S(=O)(=O)c2ccc(C(=O)NC3[C@H]4CCCC[C@@H]34)cc2)CCN1. The standard InChI is InChI=1S/C18H23N3O4S/c22-16-11-21(10-9-19-16)26(24,25)13-7-5-12(6-8-13)18(23)20-17-14-3-1-2-4-15(14)17/h5-8,14-15,17H,1-4,9-11H2,(H,19,22)(H,20,23)/t14-,15+,17?. The summed E-state index contributed by atoms with van der Waals surface area (Å²) in [6.07, 6.45) is 4.87. The lowest BCUT2D eigenvalue weighted by atomic mass is 10.0. The molecule has 4 rings (SSSR count). The number of piperazine rings is 1. The summed E-state index contributed by atoms with van der Waals surface area (Å²) in [6, 6.07) is 6.24. The molecule has 1 aliphatic heterocycles. The second kappa shape index (κ2) is 6.66. The van der Waals surface area contributed by atoms with Crippen LogP contribution in [0.25, 0.3) is 0 Å². The zero-order valence-electron chi connectivity index (χ0n) is 14.5. The van der Waals surface area contributed by atoms with E-state index in [9.17, 15) is 18.0 Å². The number of amides is 2. The molecule has 1 saturated heterocycles. The van der Waals surface area contributed by atoms with Gasteiger partial charge in [-0.2, -0.15) is 4.31 Å². The number of fused-ring (bicyclic) bond motifs is 1. The Labute approximate surface area is 153 Å². The first kappa shape index (κ1) is 17.5.